The van der Waals surface area contributed by atoms with Gasteiger partial charge in [0.25, 0.3) is 0 Å². The highest BCUT2D eigenvalue weighted by Crippen LogP contribution is 2.20. The van der Waals surface area contributed by atoms with E-state index in [0.717, 1.165) is 19.3 Å². The first-order valence-corrected chi connectivity index (χ1v) is 8.60. The molecular formula is C16H29N3OS. The monoisotopic (exact) mass is 311 g/mol. The van der Waals surface area contributed by atoms with Gasteiger partial charge in [-0.2, -0.15) is 11.3 Å². The number of hydrogen-bond donors (Lipinski definition) is 2. The molecule has 1 aromatic heterocycles. The fourth-order valence-electron chi connectivity index (χ4n) is 2.62. The molecule has 1 heterocycles. The minimum atomic E-state index is -0.0779. The highest BCUT2D eigenvalue weighted by atomic mass is 32.1. The molecule has 1 atom stereocenters. The molecule has 5 heteroatoms. The molecule has 21 heavy (non-hydrogen) atoms. The highest BCUT2D eigenvalue weighted by Gasteiger charge is 2.29. The molecule has 120 valence electrons. The van der Waals surface area contributed by atoms with E-state index in [0.29, 0.717) is 6.54 Å². The predicted molar refractivity (Wildman–Crippen MR) is 91.0 cm³/mol. The molecule has 2 amide bonds. The van der Waals surface area contributed by atoms with Crippen LogP contribution in [0, 0.1) is 0 Å². The van der Waals surface area contributed by atoms with Gasteiger partial charge in [0.2, 0.25) is 0 Å². The van der Waals surface area contributed by atoms with Crippen molar-refractivity contribution < 1.29 is 4.79 Å². The molecule has 4 nitrogen and oxygen atoms in total. The minimum absolute atomic E-state index is 0.0357. The van der Waals surface area contributed by atoms with Gasteiger partial charge in [-0.25, -0.2) is 4.79 Å². The molecule has 1 rings (SSSR count). The Morgan fingerprint density at radius 2 is 2.05 bits per heavy atom. The molecule has 0 aliphatic carbocycles. The topological polar surface area (TPSA) is 44.4 Å². The van der Waals surface area contributed by atoms with Gasteiger partial charge in [-0.1, -0.05) is 13.8 Å². The molecule has 0 radical (unpaired) electrons. The van der Waals surface area contributed by atoms with Crippen LogP contribution in [0.3, 0.4) is 0 Å². The van der Waals surface area contributed by atoms with Crippen molar-refractivity contribution in [2.24, 2.45) is 0 Å². The van der Waals surface area contributed by atoms with Crippen LogP contribution in [0.1, 0.15) is 39.2 Å². The Hall–Kier alpha value is -1.07. The second-order valence-corrected chi connectivity index (χ2v) is 6.67. The van der Waals surface area contributed by atoms with Crippen molar-refractivity contribution >= 4 is 17.4 Å². The van der Waals surface area contributed by atoms with Gasteiger partial charge in [-0.05, 0) is 62.7 Å². The van der Waals surface area contributed by atoms with Crippen LogP contribution < -0.4 is 10.6 Å². The molecule has 0 aliphatic rings. The van der Waals surface area contributed by atoms with Gasteiger partial charge in [0.05, 0.1) is 0 Å². The third kappa shape index (κ3) is 5.32. The number of hydrogen-bond acceptors (Lipinski definition) is 3. The summed E-state index contributed by atoms with van der Waals surface area (Å²) in [5.41, 5.74) is 1.31. The summed E-state index contributed by atoms with van der Waals surface area (Å²) in [6, 6.07) is 2.16. The van der Waals surface area contributed by atoms with Gasteiger partial charge in [0, 0.05) is 18.1 Å². The third-order valence-electron chi connectivity index (χ3n) is 4.34. The van der Waals surface area contributed by atoms with E-state index in [2.05, 4.69) is 60.3 Å². The Balaban J connectivity index is 2.42. The van der Waals surface area contributed by atoms with E-state index in [1.807, 2.05) is 6.92 Å². The third-order valence-corrected chi connectivity index (χ3v) is 5.07. The van der Waals surface area contributed by atoms with Crippen LogP contribution in [0.25, 0.3) is 0 Å². The number of nitrogens with one attached hydrogen (secondary N) is 2. The molecule has 0 unspecified atom stereocenters. The van der Waals surface area contributed by atoms with E-state index in [-0.39, 0.29) is 17.6 Å². The van der Waals surface area contributed by atoms with Gasteiger partial charge in [0.15, 0.2) is 0 Å². The van der Waals surface area contributed by atoms with Crippen LogP contribution in [0.4, 0.5) is 4.79 Å². The van der Waals surface area contributed by atoms with Crippen LogP contribution in [-0.2, 0) is 6.42 Å². The van der Waals surface area contributed by atoms with Gasteiger partial charge >= 0.3 is 6.03 Å². The van der Waals surface area contributed by atoms with Crippen molar-refractivity contribution in [2.75, 3.05) is 20.6 Å². The average molecular weight is 311 g/mol. The SMILES string of the molecule is CCC(CC)(CNC(=O)N[C@@H](C)Cc1ccsc1)N(C)C. The Morgan fingerprint density at radius 3 is 2.52 bits per heavy atom. The Morgan fingerprint density at radius 1 is 1.38 bits per heavy atom. The van der Waals surface area contributed by atoms with Crippen molar-refractivity contribution in [1.82, 2.24) is 15.5 Å². The Labute approximate surface area is 132 Å². The number of carbonyl (C=O) groups is 1. The zero-order valence-electron chi connectivity index (χ0n) is 13.9. The first kappa shape index (κ1) is 18.0. The lowest BCUT2D eigenvalue weighted by molar-refractivity contribution is 0.137. The average Bonchev–Trinajstić information content (AvgIpc) is 2.92. The number of likely N-dealkylation sites (N-methyl/N-ethyl adjacent to an activating group) is 1. The number of urea groups is 1. The smallest absolute Gasteiger partial charge is 0.315 e. The molecule has 1 aromatic rings. The number of rotatable bonds is 8. The fourth-order valence-corrected chi connectivity index (χ4v) is 3.31. The van der Waals surface area contributed by atoms with E-state index in [9.17, 15) is 4.79 Å². The van der Waals surface area contributed by atoms with E-state index in [1.54, 1.807) is 11.3 Å². The lowest BCUT2D eigenvalue weighted by Crippen LogP contribution is -2.54. The maximum Gasteiger partial charge on any atom is 0.315 e. The van der Waals surface area contributed by atoms with Crippen molar-refractivity contribution in [3.63, 3.8) is 0 Å². The Kier molecular flexibility index (Phi) is 7.18. The molecule has 2 N–H and O–H groups in total. The first-order chi connectivity index (χ1) is 9.93. The van der Waals surface area contributed by atoms with E-state index < -0.39 is 0 Å². The van der Waals surface area contributed by atoms with Crippen LogP contribution in [0.15, 0.2) is 16.8 Å². The predicted octanol–water partition coefficient (Wildman–Crippen LogP) is 3.10. The summed E-state index contributed by atoms with van der Waals surface area (Å²) in [7, 11) is 4.15. The van der Waals surface area contributed by atoms with E-state index >= 15 is 0 Å². The molecule has 0 aromatic carbocycles. The van der Waals surface area contributed by atoms with Crippen LogP contribution in [0.2, 0.25) is 0 Å². The number of nitrogens with zero attached hydrogens (tertiary/aromatic N) is 1. The van der Waals surface area contributed by atoms with E-state index in [4.69, 9.17) is 0 Å². The number of amides is 2. The summed E-state index contributed by atoms with van der Waals surface area (Å²) in [5.74, 6) is 0. The maximum atomic E-state index is 12.0. The molecule has 0 spiro atoms. The molecule has 0 saturated heterocycles. The van der Waals surface area contributed by atoms with Gasteiger partial charge in [-0.3, -0.25) is 0 Å². The van der Waals surface area contributed by atoms with Crippen molar-refractivity contribution in [3.05, 3.63) is 22.4 Å². The normalized spacial score (nSPS) is 13.2. The van der Waals surface area contributed by atoms with Crippen molar-refractivity contribution in [1.29, 1.82) is 0 Å². The zero-order chi connectivity index (χ0) is 15.9. The van der Waals surface area contributed by atoms with Crippen molar-refractivity contribution in [2.45, 2.75) is 51.6 Å². The summed E-state index contributed by atoms with van der Waals surface area (Å²) in [5, 5.41) is 10.2. The molecule has 0 aliphatic heterocycles. The number of carbonyl (C=O) groups excluding carboxylic acids is 1. The second-order valence-electron chi connectivity index (χ2n) is 5.89. The summed E-state index contributed by atoms with van der Waals surface area (Å²) in [6.07, 6.45) is 2.90. The summed E-state index contributed by atoms with van der Waals surface area (Å²) >= 11 is 1.69. The maximum absolute atomic E-state index is 12.0. The molecular weight excluding hydrogens is 282 g/mol. The zero-order valence-corrected chi connectivity index (χ0v) is 14.7. The van der Waals surface area contributed by atoms with Gasteiger partial charge < -0.3 is 15.5 Å². The lowest BCUT2D eigenvalue weighted by atomic mass is 9.91. The van der Waals surface area contributed by atoms with Gasteiger partial charge in [-0.15, -0.1) is 0 Å². The number of thiophene rings is 1. The van der Waals surface area contributed by atoms with Crippen molar-refractivity contribution in [3.8, 4) is 0 Å². The summed E-state index contributed by atoms with van der Waals surface area (Å²) < 4.78 is 0. The summed E-state index contributed by atoms with van der Waals surface area (Å²) in [4.78, 5) is 14.3. The first-order valence-electron chi connectivity index (χ1n) is 7.66. The highest BCUT2D eigenvalue weighted by molar-refractivity contribution is 7.07. The van der Waals surface area contributed by atoms with Crippen LogP contribution in [0.5, 0.6) is 0 Å². The largest absolute Gasteiger partial charge is 0.336 e. The molecule has 0 fully saturated rings. The second kappa shape index (κ2) is 8.39. The standard InChI is InChI=1S/C16H29N3OS/c1-6-16(7-2,19(4)5)12-17-15(20)18-13(3)10-14-8-9-21-11-14/h8-9,11,13H,6-7,10,12H2,1-5H3,(H2,17,18,20)/t13-/m0/s1. The van der Waals surface area contributed by atoms with Crippen LogP contribution >= 0.6 is 11.3 Å². The fraction of sp³-hybridized carbons (Fsp3) is 0.688. The molecule has 0 bridgehead atoms. The lowest BCUT2D eigenvalue weighted by Gasteiger charge is -2.38. The minimum Gasteiger partial charge on any atom is -0.336 e. The quantitative estimate of drug-likeness (QED) is 0.775. The van der Waals surface area contributed by atoms with E-state index in [1.165, 1.54) is 5.56 Å². The van der Waals surface area contributed by atoms with Crippen LogP contribution in [-0.4, -0.2) is 43.2 Å². The molecule has 0 saturated carbocycles. The summed E-state index contributed by atoms with van der Waals surface area (Å²) in [6.45, 7) is 7.05. The Bertz CT molecular complexity index is 413. The van der Waals surface area contributed by atoms with Gasteiger partial charge in [0.1, 0.15) is 0 Å².